The average molecular weight is 434 g/mol. The molecule has 5 heteroatoms. The molecule has 1 atom stereocenters. The molecule has 0 heterocycles. The van der Waals surface area contributed by atoms with Gasteiger partial charge in [0.15, 0.2) is 8.32 Å². The smallest absolute Gasteiger partial charge is 0.192 e. The highest BCUT2D eigenvalue weighted by Gasteiger charge is 2.36. The summed E-state index contributed by atoms with van der Waals surface area (Å²) in [6.45, 7) is 8.67. The fourth-order valence-corrected chi connectivity index (χ4v) is 8.12. The second-order valence-corrected chi connectivity index (χ2v) is 13.8. The fraction of sp³-hybridized carbons (Fsp3) is 0.727. The van der Waals surface area contributed by atoms with Gasteiger partial charge in [0, 0.05) is 15.6 Å². The summed E-state index contributed by atoms with van der Waals surface area (Å²) in [6, 6.07) is 7.14. The van der Waals surface area contributed by atoms with E-state index in [9.17, 15) is 4.39 Å². The molecule has 2 rings (SSSR count). The van der Waals surface area contributed by atoms with Crippen LogP contribution in [0, 0.1) is 6.92 Å². The van der Waals surface area contributed by atoms with Crippen LogP contribution in [0.15, 0.2) is 12.1 Å². The summed E-state index contributed by atoms with van der Waals surface area (Å²) < 4.78 is 21.6. The summed E-state index contributed by atoms with van der Waals surface area (Å²) in [7, 11) is -1.83. The summed E-state index contributed by atoms with van der Waals surface area (Å²) in [4.78, 5) is 0. The van der Waals surface area contributed by atoms with Crippen molar-refractivity contribution in [2.24, 2.45) is 0 Å². The van der Waals surface area contributed by atoms with E-state index in [2.05, 4.69) is 20.8 Å². The second kappa shape index (κ2) is 10.1. The molecule has 0 radical (unpaired) electrons. The van der Waals surface area contributed by atoms with Crippen molar-refractivity contribution >= 4 is 31.5 Å². The van der Waals surface area contributed by atoms with E-state index in [0.29, 0.717) is 29.3 Å². The van der Waals surface area contributed by atoms with E-state index in [-0.39, 0.29) is 6.10 Å². The largest absolute Gasteiger partial charge is 0.410 e. The maximum atomic E-state index is 14.8. The highest BCUT2D eigenvalue weighted by atomic mass is 35.5. The van der Waals surface area contributed by atoms with E-state index in [1.165, 1.54) is 0 Å². The average Bonchev–Trinajstić information content (AvgIpc) is 3.05. The number of hydrogen-bond donors (Lipinski definition) is 0. The lowest BCUT2D eigenvalue weighted by atomic mass is 9.94. The summed E-state index contributed by atoms with van der Waals surface area (Å²) in [5.74, 6) is 0. The highest BCUT2D eigenvalue weighted by Crippen LogP contribution is 2.42. The Labute approximate surface area is 176 Å². The molecule has 0 bridgehead atoms. The Morgan fingerprint density at radius 2 is 1.59 bits per heavy atom. The minimum absolute atomic E-state index is 0.137. The number of aryl methyl sites for hydroxylation is 1. The molecule has 0 aromatic heterocycles. The third-order valence-corrected chi connectivity index (χ3v) is 11.7. The van der Waals surface area contributed by atoms with Crippen LogP contribution in [0.2, 0.25) is 28.2 Å². The third-order valence-electron chi connectivity index (χ3n) is 6.46. The van der Waals surface area contributed by atoms with Crippen LogP contribution in [-0.2, 0) is 4.43 Å². The van der Waals surface area contributed by atoms with Gasteiger partial charge in [0.05, 0.1) is 6.10 Å². The van der Waals surface area contributed by atoms with Gasteiger partial charge in [0.2, 0.25) is 0 Å². The first kappa shape index (κ1) is 23.2. The Hall–Kier alpha value is -0.0931. The Morgan fingerprint density at radius 1 is 1.07 bits per heavy atom. The van der Waals surface area contributed by atoms with Gasteiger partial charge < -0.3 is 4.43 Å². The molecule has 0 spiro atoms. The van der Waals surface area contributed by atoms with E-state index < -0.39 is 14.0 Å². The van der Waals surface area contributed by atoms with Crippen molar-refractivity contribution < 1.29 is 8.82 Å². The van der Waals surface area contributed by atoms with Gasteiger partial charge in [-0.2, -0.15) is 0 Å². The van der Waals surface area contributed by atoms with Gasteiger partial charge >= 0.3 is 0 Å². The van der Waals surface area contributed by atoms with Gasteiger partial charge in [-0.15, -0.1) is 0 Å². The van der Waals surface area contributed by atoms with Crippen LogP contribution in [0.25, 0.3) is 0 Å². The van der Waals surface area contributed by atoms with Crippen LogP contribution in [0.3, 0.4) is 0 Å². The minimum Gasteiger partial charge on any atom is -0.410 e. The lowest BCUT2D eigenvalue weighted by molar-refractivity contribution is 0.132. The van der Waals surface area contributed by atoms with Crippen LogP contribution in [0.4, 0.5) is 4.39 Å². The number of halogens is 3. The zero-order valence-corrected chi connectivity index (χ0v) is 19.9. The van der Waals surface area contributed by atoms with E-state index in [1.807, 2.05) is 19.1 Å². The summed E-state index contributed by atoms with van der Waals surface area (Å²) >= 11 is 13.2. The van der Waals surface area contributed by atoms with E-state index >= 15 is 0 Å². The van der Waals surface area contributed by atoms with Gasteiger partial charge in [-0.1, -0.05) is 56.8 Å². The van der Waals surface area contributed by atoms with Gasteiger partial charge in [0.25, 0.3) is 0 Å². The van der Waals surface area contributed by atoms with E-state index in [4.69, 9.17) is 27.6 Å². The van der Waals surface area contributed by atoms with E-state index in [0.717, 1.165) is 54.9 Å². The topological polar surface area (TPSA) is 9.23 Å². The summed E-state index contributed by atoms with van der Waals surface area (Å²) in [5, 5.41) is 1.35. The monoisotopic (exact) mass is 432 g/mol. The second-order valence-electron chi connectivity index (χ2n) is 8.24. The molecule has 154 valence electrons. The normalized spacial score (nSPS) is 18.0. The molecular formula is C22H35Cl2FOSi. The van der Waals surface area contributed by atoms with Crippen molar-refractivity contribution in [2.75, 3.05) is 0 Å². The molecule has 1 unspecified atom stereocenters. The standard InChI is InChI=1S/C22H35Cl2FOSi/c1-5-27(6-2,7-3)26-20(11-10-14-22(25)12-8-9-13-22)21-18(23)15-17(4)16-19(21)24/h15-16,20H,5-14H2,1-4H3. The van der Waals surface area contributed by atoms with Crippen LogP contribution >= 0.6 is 23.2 Å². The predicted octanol–water partition coefficient (Wildman–Crippen LogP) is 8.82. The van der Waals surface area contributed by atoms with Crippen molar-refractivity contribution in [3.8, 4) is 0 Å². The van der Waals surface area contributed by atoms with Gasteiger partial charge in [-0.05, 0) is 74.9 Å². The Balaban J connectivity index is 2.23. The quantitative estimate of drug-likeness (QED) is 0.335. The van der Waals surface area contributed by atoms with E-state index in [1.54, 1.807) is 0 Å². The zero-order valence-electron chi connectivity index (χ0n) is 17.3. The fourth-order valence-electron chi connectivity index (χ4n) is 4.45. The Morgan fingerprint density at radius 3 is 2.07 bits per heavy atom. The molecule has 0 N–H and O–H groups in total. The van der Waals surface area contributed by atoms with Crippen LogP contribution in [0.1, 0.15) is 82.9 Å². The molecule has 1 fully saturated rings. The molecule has 27 heavy (non-hydrogen) atoms. The number of hydrogen-bond acceptors (Lipinski definition) is 1. The summed E-state index contributed by atoms with van der Waals surface area (Å²) in [5.41, 5.74) is 0.974. The molecule has 0 aliphatic heterocycles. The Bertz CT molecular complexity index is 581. The molecule has 1 aliphatic carbocycles. The molecule has 0 amide bonds. The van der Waals surface area contributed by atoms with Crippen molar-refractivity contribution in [1.82, 2.24) is 0 Å². The molecule has 1 saturated carbocycles. The molecular weight excluding hydrogens is 398 g/mol. The number of alkyl halides is 1. The van der Waals surface area contributed by atoms with Crippen molar-refractivity contribution in [3.63, 3.8) is 0 Å². The first-order valence-corrected chi connectivity index (χ1v) is 13.9. The minimum atomic E-state index is -1.83. The SMILES string of the molecule is CC[Si](CC)(CC)OC(CCCC1(F)CCCC1)c1c(Cl)cc(C)cc1Cl. The third kappa shape index (κ3) is 5.94. The lowest BCUT2D eigenvalue weighted by Crippen LogP contribution is -2.37. The molecule has 1 aliphatic rings. The highest BCUT2D eigenvalue weighted by molar-refractivity contribution is 6.73. The Kier molecular flexibility index (Phi) is 8.67. The van der Waals surface area contributed by atoms with Gasteiger partial charge in [0.1, 0.15) is 5.67 Å². The first-order chi connectivity index (χ1) is 12.8. The number of benzene rings is 1. The van der Waals surface area contributed by atoms with Crippen LogP contribution in [-0.4, -0.2) is 14.0 Å². The predicted molar refractivity (Wildman–Crippen MR) is 118 cm³/mol. The molecule has 0 saturated heterocycles. The van der Waals surface area contributed by atoms with Gasteiger partial charge in [-0.3, -0.25) is 0 Å². The van der Waals surface area contributed by atoms with Crippen molar-refractivity contribution in [2.45, 2.75) is 103 Å². The lowest BCUT2D eigenvalue weighted by Gasteiger charge is -2.34. The number of rotatable bonds is 10. The first-order valence-electron chi connectivity index (χ1n) is 10.6. The van der Waals surface area contributed by atoms with Crippen LogP contribution in [0.5, 0.6) is 0 Å². The van der Waals surface area contributed by atoms with Crippen molar-refractivity contribution in [1.29, 1.82) is 0 Å². The molecule has 1 aromatic carbocycles. The summed E-state index contributed by atoms with van der Waals surface area (Å²) in [6.07, 6.45) is 5.53. The van der Waals surface area contributed by atoms with Crippen molar-refractivity contribution in [3.05, 3.63) is 33.3 Å². The molecule has 1 aromatic rings. The molecule has 1 nitrogen and oxygen atoms in total. The van der Waals surface area contributed by atoms with Gasteiger partial charge in [-0.25, -0.2) is 4.39 Å². The maximum absolute atomic E-state index is 14.8. The maximum Gasteiger partial charge on any atom is 0.192 e. The zero-order chi connectivity index (χ0) is 20.1. The van der Waals surface area contributed by atoms with Crippen LogP contribution < -0.4 is 0 Å².